The van der Waals surface area contributed by atoms with E-state index in [0.29, 0.717) is 27.7 Å². The number of pyridine rings is 3. The normalized spacial score (nSPS) is 17.9. The molecular weight excluding hydrogens is 455 g/mol. The van der Waals surface area contributed by atoms with Gasteiger partial charge in [0.1, 0.15) is 11.5 Å². The number of benzene rings is 1. The molecule has 0 radical (unpaired) electrons. The molecule has 180 valence electrons. The first-order valence-corrected chi connectivity index (χ1v) is 12.1. The van der Waals surface area contributed by atoms with Crippen molar-refractivity contribution in [3.63, 3.8) is 0 Å². The molecule has 1 fully saturated rings. The minimum absolute atomic E-state index is 0.0166. The second-order valence-corrected chi connectivity index (χ2v) is 9.29. The van der Waals surface area contributed by atoms with Gasteiger partial charge in [0.2, 0.25) is 0 Å². The molecule has 1 aromatic carbocycles. The maximum atomic E-state index is 15.3. The van der Waals surface area contributed by atoms with Gasteiger partial charge in [-0.25, -0.2) is 9.37 Å². The maximum Gasteiger partial charge on any atom is 0.251 e. The van der Waals surface area contributed by atoms with E-state index in [9.17, 15) is 4.79 Å². The SMILES string of the molecule is N[C@H]1CCCCC1NC(=O)c1ccc(-c2c(F)cnc3[nH]c4cnc(-c5cccnc5)cc4c23)cc1. The Morgan fingerprint density at radius 3 is 2.64 bits per heavy atom. The van der Waals surface area contributed by atoms with Crippen LogP contribution in [0.25, 0.3) is 44.3 Å². The highest BCUT2D eigenvalue weighted by Gasteiger charge is 2.24. The monoisotopic (exact) mass is 480 g/mol. The van der Waals surface area contributed by atoms with Crippen LogP contribution in [0.4, 0.5) is 4.39 Å². The van der Waals surface area contributed by atoms with Crippen LogP contribution in [0.2, 0.25) is 0 Å². The minimum atomic E-state index is -0.437. The van der Waals surface area contributed by atoms with E-state index < -0.39 is 5.82 Å². The van der Waals surface area contributed by atoms with Gasteiger partial charge in [-0.05, 0) is 48.7 Å². The van der Waals surface area contributed by atoms with Gasteiger partial charge in [-0.15, -0.1) is 0 Å². The molecule has 1 saturated carbocycles. The third-order valence-corrected chi connectivity index (χ3v) is 6.99. The Hall–Kier alpha value is -4.17. The molecule has 6 rings (SSSR count). The number of hydrogen-bond acceptors (Lipinski definition) is 5. The van der Waals surface area contributed by atoms with Gasteiger partial charge in [0.25, 0.3) is 5.91 Å². The van der Waals surface area contributed by atoms with E-state index >= 15 is 4.39 Å². The number of carbonyl (C=O) groups excluding carboxylic acids is 1. The maximum absolute atomic E-state index is 15.3. The molecule has 1 amide bonds. The number of nitrogens with two attached hydrogens (primary N) is 1. The lowest BCUT2D eigenvalue weighted by Gasteiger charge is -2.29. The van der Waals surface area contributed by atoms with Gasteiger partial charge in [-0.2, -0.15) is 0 Å². The molecule has 36 heavy (non-hydrogen) atoms. The van der Waals surface area contributed by atoms with Crippen molar-refractivity contribution in [1.29, 1.82) is 0 Å². The zero-order chi connectivity index (χ0) is 24.6. The molecule has 1 aliphatic rings. The fourth-order valence-corrected chi connectivity index (χ4v) is 5.07. The van der Waals surface area contributed by atoms with Crippen molar-refractivity contribution in [3.8, 4) is 22.4 Å². The molecule has 7 nitrogen and oxygen atoms in total. The first kappa shape index (κ1) is 22.3. The van der Waals surface area contributed by atoms with Crippen LogP contribution >= 0.6 is 0 Å². The summed E-state index contributed by atoms with van der Waals surface area (Å²) in [6.07, 6.45) is 10.4. The third kappa shape index (κ3) is 3.99. The average molecular weight is 481 g/mol. The molecule has 0 spiro atoms. The lowest BCUT2D eigenvalue weighted by Crippen LogP contribution is -2.49. The zero-order valence-corrected chi connectivity index (χ0v) is 19.5. The molecule has 0 saturated heterocycles. The van der Waals surface area contributed by atoms with Crippen molar-refractivity contribution in [3.05, 3.63) is 78.6 Å². The van der Waals surface area contributed by atoms with Gasteiger partial charge >= 0.3 is 0 Å². The number of carbonyl (C=O) groups is 1. The number of aromatic nitrogens is 4. The molecule has 0 bridgehead atoms. The zero-order valence-electron chi connectivity index (χ0n) is 19.5. The summed E-state index contributed by atoms with van der Waals surface area (Å²) in [4.78, 5) is 29.1. The van der Waals surface area contributed by atoms with Crippen molar-refractivity contribution >= 4 is 27.8 Å². The number of rotatable bonds is 4. The number of nitrogens with zero attached hydrogens (tertiary/aromatic N) is 3. The van der Waals surface area contributed by atoms with E-state index in [0.717, 1.165) is 47.8 Å². The molecule has 5 aromatic rings. The molecule has 4 N–H and O–H groups in total. The largest absolute Gasteiger partial charge is 0.348 e. The van der Waals surface area contributed by atoms with Gasteiger partial charge in [-0.3, -0.25) is 14.8 Å². The van der Waals surface area contributed by atoms with Crippen LogP contribution in [0.5, 0.6) is 0 Å². The molecule has 8 heteroatoms. The second kappa shape index (κ2) is 9.13. The van der Waals surface area contributed by atoms with Crippen LogP contribution in [0.1, 0.15) is 36.0 Å². The highest BCUT2D eigenvalue weighted by Crippen LogP contribution is 2.36. The van der Waals surface area contributed by atoms with Gasteiger partial charge in [0.05, 0.1) is 23.6 Å². The molecular formula is C28H25FN6O. The molecule has 2 atom stereocenters. The Morgan fingerprint density at radius 1 is 1.03 bits per heavy atom. The molecule has 4 heterocycles. The smallest absolute Gasteiger partial charge is 0.251 e. The number of H-pyrrole nitrogens is 1. The molecule has 1 aliphatic carbocycles. The van der Waals surface area contributed by atoms with Crippen LogP contribution < -0.4 is 11.1 Å². The third-order valence-electron chi connectivity index (χ3n) is 6.99. The minimum Gasteiger partial charge on any atom is -0.348 e. The highest BCUT2D eigenvalue weighted by atomic mass is 19.1. The number of nitrogens with one attached hydrogen (secondary N) is 2. The number of halogens is 1. The Bertz CT molecular complexity index is 1560. The Morgan fingerprint density at radius 2 is 1.86 bits per heavy atom. The summed E-state index contributed by atoms with van der Waals surface area (Å²) < 4.78 is 15.3. The van der Waals surface area contributed by atoms with Crippen LogP contribution in [0.3, 0.4) is 0 Å². The Labute approximate surface area is 207 Å². The Kier molecular flexibility index (Phi) is 5.65. The van der Waals surface area contributed by atoms with E-state index in [4.69, 9.17) is 5.73 Å². The van der Waals surface area contributed by atoms with Crippen LogP contribution in [0, 0.1) is 5.82 Å². The van der Waals surface area contributed by atoms with Crippen LogP contribution in [-0.4, -0.2) is 37.9 Å². The van der Waals surface area contributed by atoms with Gasteiger partial charge in [0.15, 0.2) is 0 Å². The number of fused-ring (bicyclic) bond motifs is 3. The summed E-state index contributed by atoms with van der Waals surface area (Å²) in [5.74, 6) is -0.600. The summed E-state index contributed by atoms with van der Waals surface area (Å²) in [5, 5.41) is 4.55. The number of amides is 1. The van der Waals surface area contributed by atoms with Crippen LogP contribution in [0.15, 0.2) is 67.3 Å². The van der Waals surface area contributed by atoms with Gasteiger partial charge < -0.3 is 16.0 Å². The summed E-state index contributed by atoms with van der Waals surface area (Å²) in [6, 6.07) is 12.7. The molecule has 0 aliphatic heterocycles. The van der Waals surface area contributed by atoms with E-state index in [-0.39, 0.29) is 18.0 Å². The second-order valence-electron chi connectivity index (χ2n) is 9.29. The fourth-order valence-electron chi connectivity index (χ4n) is 5.07. The van der Waals surface area contributed by atoms with Crippen molar-refractivity contribution < 1.29 is 9.18 Å². The lowest BCUT2D eigenvalue weighted by atomic mass is 9.91. The average Bonchev–Trinajstić information content (AvgIpc) is 3.28. The summed E-state index contributed by atoms with van der Waals surface area (Å²) in [6.45, 7) is 0. The lowest BCUT2D eigenvalue weighted by molar-refractivity contribution is 0.0921. The fraction of sp³-hybridized carbons (Fsp3) is 0.214. The number of hydrogen-bond donors (Lipinski definition) is 3. The van der Waals surface area contributed by atoms with Crippen LogP contribution in [-0.2, 0) is 0 Å². The van der Waals surface area contributed by atoms with E-state index in [1.807, 2.05) is 18.2 Å². The van der Waals surface area contributed by atoms with E-state index in [1.54, 1.807) is 42.9 Å². The Balaban J connectivity index is 1.39. The van der Waals surface area contributed by atoms with E-state index in [2.05, 4.69) is 25.3 Å². The predicted molar refractivity (Wildman–Crippen MR) is 138 cm³/mol. The van der Waals surface area contributed by atoms with Crippen molar-refractivity contribution in [2.45, 2.75) is 37.8 Å². The first-order chi connectivity index (χ1) is 17.6. The first-order valence-electron chi connectivity index (χ1n) is 12.1. The molecule has 4 aromatic heterocycles. The van der Waals surface area contributed by atoms with Crippen molar-refractivity contribution in [2.24, 2.45) is 5.73 Å². The summed E-state index contributed by atoms with van der Waals surface area (Å²) in [7, 11) is 0. The van der Waals surface area contributed by atoms with Crippen molar-refractivity contribution in [1.82, 2.24) is 25.3 Å². The molecule has 1 unspecified atom stereocenters. The van der Waals surface area contributed by atoms with E-state index in [1.165, 1.54) is 6.20 Å². The predicted octanol–water partition coefficient (Wildman–Crippen LogP) is 4.98. The number of aromatic amines is 1. The summed E-state index contributed by atoms with van der Waals surface area (Å²) >= 11 is 0. The highest BCUT2D eigenvalue weighted by molar-refractivity contribution is 6.13. The van der Waals surface area contributed by atoms with Gasteiger partial charge in [0, 0.05) is 51.9 Å². The summed E-state index contributed by atoms with van der Waals surface area (Å²) in [5.41, 5.74) is 10.7. The van der Waals surface area contributed by atoms with Gasteiger partial charge in [-0.1, -0.05) is 25.0 Å². The topological polar surface area (TPSA) is 110 Å². The van der Waals surface area contributed by atoms with Crippen molar-refractivity contribution in [2.75, 3.05) is 0 Å². The standard InChI is InChI=1S/C28H25FN6O/c29-20-14-33-27-26(19-12-23(32-15-24(19)34-27)18-4-3-11-31-13-18)25(20)16-7-9-17(10-8-16)28(36)35-22-6-2-1-5-21(22)30/h3-4,7-15,21-22H,1-2,5-6,30H2,(H,33,34)(H,35,36)/t21-,22?/m0/s1. The quantitative estimate of drug-likeness (QED) is 0.336.